The topological polar surface area (TPSA) is 89.3 Å². The van der Waals surface area contributed by atoms with E-state index in [1.54, 1.807) is 37.6 Å². The molecule has 0 aliphatic heterocycles. The van der Waals surface area contributed by atoms with Crippen LogP contribution in [0.5, 0.6) is 5.75 Å². The monoisotopic (exact) mass is 390 g/mol. The molecule has 7 nitrogen and oxygen atoms in total. The third-order valence-electron chi connectivity index (χ3n) is 3.40. The van der Waals surface area contributed by atoms with Crippen molar-refractivity contribution in [2.45, 2.75) is 23.1 Å². The summed E-state index contributed by atoms with van der Waals surface area (Å²) in [7, 11) is 1.60. The molecule has 0 unspecified atom stereocenters. The van der Waals surface area contributed by atoms with Gasteiger partial charge in [-0.15, -0.1) is 10.2 Å². The molecule has 0 fully saturated rings. The zero-order valence-electron chi connectivity index (χ0n) is 14.3. The molecule has 2 N–H and O–H groups in total. The zero-order chi connectivity index (χ0) is 18.4. The molecule has 1 amide bonds. The molecule has 2 aromatic heterocycles. The number of thioether (sulfide) groups is 1. The average molecular weight is 390 g/mol. The predicted octanol–water partition coefficient (Wildman–Crippen LogP) is 3.87. The van der Waals surface area contributed by atoms with Crippen LogP contribution >= 0.6 is 23.1 Å². The van der Waals surface area contributed by atoms with E-state index in [1.807, 2.05) is 19.1 Å². The largest absolute Gasteiger partial charge is 0.497 e. The Kier molecular flexibility index (Phi) is 6.13. The van der Waals surface area contributed by atoms with E-state index < -0.39 is 0 Å². The highest BCUT2D eigenvalue weighted by atomic mass is 32.2. The van der Waals surface area contributed by atoms with E-state index in [1.165, 1.54) is 23.1 Å². The summed E-state index contributed by atoms with van der Waals surface area (Å²) in [6.45, 7) is 2.38. The summed E-state index contributed by atoms with van der Waals surface area (Å²) < 4.78 is 11.1. The molecule has 0 bridgehead atoms. The fourth-order valence-corrected chi connectivity index (χ4v) is 3.92. The fourth-order valence-electron chi connectivity index (χ4n) is 2.03. The quantitative estimate of drug-likeness (QED) is 0.564. The lowest BCUT2D eigenvalue weighted by Crippen LogP contribution is -2.22. The number of methoxy groups -OCH3 is 1. The summed E-state index contributed by atoms with van der Waals surface area (Å²) in [6.07, 6.45) is 1.63. The maximum Gasteiger partial charge on any atom is 0.237 e. The number of nitrogens with zero attached hydrogens (tertiary/aromatic N) is 2. The van der Waals surface area contributed by atoms with Gasteiger partial charge >= 0.3 is 0 Å². The predicted molar refractivity (Wildman–Crippen MR) is 103 cm³/mol. The number of amides is 1. The third kappa shape index (κ3) is 4.99. The van der Waals surface area contributed by atoms with E-state index >= 15 is 0 Å². The van der Waals surface area contributed by atoms with E-state index in [2.05, 4.69) is 20.8 Å². The van der Waals surface area contributed by atoms with Crippen LogP contribution in [0.2, 0.25) is 0 Å². The van der Waals surface area contributed by atoms with Crippen LogP contribution in [-0.2, 0) is 11.3 Å². The first kappa shape index (κ1) is 18.3. The maximum absolute atomic E-state index is 12.3. The summed E-state index contributed by atoms with van der Waals surface area (Å²) in [5.74, 6) is 1.47. The Morgan fingerprint density at radius 1 is 1.31 bits per heavy atom. The van der Waals surface area contributed by atoms with Crippen LogP contribution in [0, 0.1) is 0 Å². The van der Waals surface area contributed by atoms with Gasteiger partial charge in [0.2, 0.25) is 11.0 Å². The molecule has 2 heterocycles. The van der Waals surface area contributed by atoms with Crippen molar-refractivity contribution in [3.05, 3.63) is 48.4 Å². The Balaban J connectivity index is 1.50. The van der Waals surface area contributed by atoms with Crippen LogP contribution in [0.15, 0.2) is 51.4 Å². The standard InChI is InChI=1S/C17H18N4O3S2/c1-11(15(22)19-12-5-7-13(23-2)8-6-12)25-17-21-20-16(26-17)18-10-14-4-3-9-24-14/h3-9,11H,10H2,1-2H3,(H,18,20)(H,19,22)/t11-/m1/s1. The average Bonchev–Trinajstić information content (AvgIpc) is 3.32. The normalized spacial score (nSPS) is 11.8. The van der Waals surface area contributed by atoms with Gasteiger partial charge in [-0.25, -0.2) is 0 Å². The fraction of sp³-hybridized carbons (Fsp3) is 0.235. The maximum atomic E-state index is 12.3. The summed E-state index contributed by atoms with van der Waals surface area (Å²) in [6, 6.07) is 10.9. The van der Waals surface area contributed by atoms with Crippen molar-refractivity contribution in [3.63, 3.8) is 0 Å². The number of aromatic nitrogens is 2. The van der Waals surface area contributed by atoms with Gasteiger partial charge in [0.1, 0.15) is 11.5 Å². The van der Waals surface area contributed by atoms with E-state index in [-0.39, 0.29) is 11.2 Å². The van der Waals surface area contributed by atoms with Gasteiger partial charge in [-0.1, -0.05) is 23.1 Å². The first-order valence-corrected chi connectivity index (χ1v) is 9.55. The van der Waals surface area contributed by atoms with Gasteiger partial charge in [0.15, 0.2) is 4.34 Å². The second kappa shape index (κ2) is 8.72. The molecular weight excluding hydrogens is 372 g/mol. The number of ether oxygens (including phenoxy) is 1. The van der Waals surface area contributed by atoms with Crippen molar-refractivity contribution >= 4 is 39.8 Å². The Labute approximate surface area is 159 Å². The highest BCUT2D eigenvalue weighted by molar-refractivity contribution is 8.02. The van der Waals surface area contributed by atoms with Crippen LogP contribution < -0.4 is 15.4 Å². The summed E-state index contributed by atoms with van der Waals surface area (Å²) >= 11 is 2.77. The number of nitrogens with one attached hydrogen (secondary N) is 2. The molecule has 9 heteroatoms. The van der Waals surface area contributed by atoms with Crippen molar-refractivity contribution in [1.29, 1.82) is 0 Å². The number of hydrogen-bond acceptors (Lipinski definition) is 8. The van der Waals surface area contributed by atoms with E-state index in [0.717, 1.165) is 21.5 Å². The van der Waals surface area contributed by atoms with E-state index in [9.17, 15) is 4.79 Å². The first-order valence-electron chi connectivity index (χ1n) is 7.85. The molecule has 0 saturated carbocycles. The van der Waals surface area contributed by atoms with Gasteiger partial charge in [0, 0.05) is 5.69 Å². The molecule has 0 radical (unpaired) electrons. The van der Waals surface area contributed by atoms with Crippen molar-refractivity contribution in [3.8, 4) is 5.75 Å². The van der Waals surface area contributed by atoms with Gasteiger partial charge < -0.3 is 19.8 Å². The van der Waals surface area contributed by atoms with Crippen molar-refractivity contribution in [2.75, 3.05) is 17.7 Å². The molecule has 0 aliphatic rings. The smallest absolute Gasteiger partial charge is 0.237 e. The summed E-state index contributed by atoms with van der Waals surface area (Å²) in [4.78, 5) is 12.3. The summed E-state index contributed by atoms with van der Waals surface area (Å²) in [5, 5.41) is 14.6. The SMILES string of the molecule is COc1ccc(NC(=O)[C@@H](C)Sc2nnc(NCc3ccco3)s2)cc1. The first-order chi connectivity index (χ1) is 12.6. The van der Waals surface area contributed by atoms with Gasteiger partial charge in [0.25, 0.3) is 0 Å². The number of hydrogen-bond donors (Lipinski definition) is 2. The van der Waals surface area contributed by atoms with Crippen LogP contribution in [0.3, 0.4) is 0 Å². The van der Waals surface area contributed by atoms with Gasteiger partial charge in [-0.05, 0) is 43.3 Å². The van der Waals surface area contributed by atoms with Crippen LogP contribution in [0.4, 0.5) is 10.8 Å². The zero-order valence-corrected chi connectivity index (χ0v) is 15.9. The minimum absolute atomic E-state index is 0.0968. The second-order valence-corrected chi connectivity index (χ2v) is 7.85. The lowest BCUT2D eigenvalue weighted by atomic mass is 10.3. The molecule has 1 aromatic carbocycles. The van der Waals surface area contributed by atoms with Crippen molar-refractivity contribution in [2.24, 2.45) is 0 Å². The number of benzene rings is 1. The molecular formula is C17H18N4O3S2. The molecule has 26 heavy (non-hydrogen) atoms. The molecule has 3 rings (SSSR count). The Morgan fingerprint density at radius 3 is 2.81 bits per heavy atom. The number of furan rings is 1. The summed E-state index contributed by atoms with van der Waals surface area (Å²) in [5.41, 5.74) is 0.723. The molecule has 0 spiro atoms. The van der Waals surface area contributed by atoms with Gasteiger partial charge in [-0.3, -0.25) is 4.79 Å². The van der Waals surface area contributed by atoms with Crippen molar-refractivity contribution < 1.29 is 13.9 Å². The van der Waals surface area contributed by atoms with Gasteiger partial charge in [-0.2, -0.15) is 0 Å². The highest BCUT2D eigenvalue weighted by Gasteiger charge is 2.17. The molecule has 1 atom stereocenters. The lowest BCUT2D eigenvalue weighted by molar-refractivity contribution is -0.115. The third-order valence-corrected chi connectivity index (χ3v) is 5.47. The van der Waals surface area contributed by atoms with E-state index in [0.29, 0.717) is 11.7 Å². The van der Waals surface area contributed by atoms with E-state index in [4.69, 9.17) is 9.15 Å². The highest BCUT2D eigenvalue weighted by Crippen LogP contribution is 2.29. The number of carbonyl (C=O) groups excluding carboxylic acids is 1. The van der Waals surface area contributed by atoms with Crippen LogP contribution in [0.25, 0.3) is 0 Å². The second-order valence-electron chi connectivity index (χ2n) is 5.28. The minimum Gasteiger partial charge on any atom is -0.497 e. The Hall–Kier alpha value is -2.52. The number of carbonyl (C=O) groups is 1. The number of rotatable bonds is 8. The van der Waals surface area contributed by atoms with Crippen LogP contribution in [-0.4, -0.2) is 28.5 Å². The molecule has 3 aromatic rings. The minimum atomic E-state index is -0.303. The molecule has 0 aliphatic carbocycles. The van der Waals surface area contributed by atoms with Gasteiger partial charge in [0.05, 0.1) is 25.2 Å². The molecule has 0 saturated heterocycles. The van der Waals surface area contributed by atoms with Crippen molar-refractivity contribution in [1.82, 2.24) is 10.2 Å². The molecule has 136 valence electrons. The van der Waals surface area contributed by atoms with Crippen LogP contribution in [0.1, 0.15) is 12.7 Å². The Bertz CT molecular complexity index is 834. The Morgan fingerprint density at radius 2 is 2.12 bits per heavy atom. The number of anilines is 2. The lowest BCUT2D eigenvalue weighted by Gasteiger charge is -2.10.